The summed E-state index contributed by atoms with van der Waals surface area (Å²) in [7, 11) is 1.80. The average molecular weight is 353 g/mol. The van der Waals surface area contributed by atoms with Crippen molar-refractivity contribution in [3.63, 3.8) is 0 Å². The lowest BCUT2D eigenvalue weighted by atomic mass is 9.91. The van der Waals surface area contributed by atoms with Crippen molar-refractivity contribution in [3.8, 4) is 0 Å². The van der Waals surface area contributed by atoms with Crippen LogP contribution in [-0.4, -0.2) is 54.1 Å². The molecule has 2 rings (SSSR count). The second-order valence-electron chi connectivity index (χ2n) is 7.31. The SMILES string of the molecule is CNc1sc(C(C)(C)C)cc1C(=O)N1CCNC(=O)C1(C)CCO. The van der Waals surface area contributed by atoms with Gasteiger partial charge in [-0.15, -0.1) is 11.3 Å². The highest BCUT2D eigenvalue weighted by Crippen LogP contribution is 2.37. The van der Waals surface area contributed by atoms with Crippen LogP contribution in [0.5, 0.6) is 0 Å². The van der Waals surface area contributed by atoms with Crippen LogP contribution in [0.1, 0.15) is 49.4 Å². The maximum atomic E-state index is 13.2. The summed E-state index contributed by atoms with van der Waals surface area (Å²) >= 11 is 1.56. The molecule has 1 fully saturated rings. The fourth-order valence-electron chi connectivity index (χ4n) is 2.88. The van der Waals surface area contributed by atoms with E-state index in [9.17, 15) is 14.7 Å². The van der Waals surface area contributed by atoms with Crippen molar-refractivity contribution < 1.29 is 14.7 Å². The highest BCUT2D eigenvalue weighted by molar-refractivity contribution is 7.16. The lowest BCUT2D eigenvalue weighted by Crippen LogP contribution is -2.65. The fraction of sp³-hybridized carbons (Fsp3) is 0.647. The van der Waals surface area contributed by atoms with E-state index < -0.39 is 5.54 Å². The maximum Gasteiger partial charge on any atom is 0.257 e. The zero-order chi connectivity index (χ0) is 18.1. The van der Waals surface area contributed by atoms with Gasteiger partial charge in [-0.05, 0) is 18.4 Å². The van der Waals surface area contributed by atoms with E-state index in [1.165, 1.54) is 0 Å². The fourth-order valence-corrected chi connectivity index (χ4v) is 3.94. The highest BCUT2D eigenvalue weighted by Gasteiger charge is 2.45. The predicted molar refractivity (Wildman–Crippen MR) is 96.7 cm³/mol. The van der Waals surface area contributed by atoms with Gasteiger partial charge in [0.2, 0.25) is 5.91 Å². The van der Waals surface area contributed by atoms with Gasteiger partial charge in [0.15, 0.2) is 0 Å². The molecule has 7 heteroatoms. The van der Waals surface area contributed by atoms with Gasteiger partial charge in [-0.25, -0.2) is 0 Å². The van der Waals surface area contributed by atoms with Gasteiger partial charge in [0, 0.05) is 38.0 Å². The van der Waals surface area contributed by atoms with E-state index in [0.717, 1.165) is 9.88 Å². The Kier molecular flexibility index (Phi) is 5.25. The molecule has 6 nitrogen and oxygen atoms in total. The number of nitrogens with zero attached hydrogens (tertiary/aromatic N) is 1. The molecule has 0 saturated carbocycles. The van der Waals surface area contributed by atoms with Crippen LogP contribution in [0, 0.1) is 0 Å². The van der Waals surface area contributed by atoms with Gasteiger partial charge >= 0.3 is 0 Å². The molecule has 134 valence electrons. The molecule has 3 N–H and O–H groups in total. The molecule has 1 unspecified atom stereocenters. The third-order valence-corrected chi connectivity index (χ3v) is 6.06. The number of piperazine rings is 1. The maximum absolute atomic E-state index is 13.2. The summed E-state index contributed by atoms with van der Waals surface area (Å²) in [5, 5.41) is 16.1. The van der Waals surface area contributed by atoms with Crippen LogP contribution in [0.2, 0.25) is 0 Å². The van der Waals surface area contributed by atoms with Gasteiger partial charge in [-0.2, -0.15) is 0 Å². The first-order valence-corrected chi connectivity index (χ1v) is 9.00. The number of anilines is 1. The Hall–Kier alpha value is -1.60. The topological polar surface area (TPSA) is 81.7 Å². The first-order chi connectivity index (χ1) is 11.1. The van der Waals surface area contributed by atoms with Crippen molar-refractivity contribution >= 4 is 28.2 Å². The molecule has 1 aromatic heterocycles. The average Bonchev–Trinajstić information content (AvgIpc) is 2.94. The van der Waals surface area contributed by atoms with E-state index in [1.807, 2.05) is 6.07 Å². The predicted octanol–water partition coefficient (Wildman–Crippen LogP) is 1.80. The Balaban J connectivity index is 2.43. The van der Waals surface area contributed by atoms with Gasteiger partial charge < -0.3 is 20.6 Å². The van der Waals surface area contributed by atoms with E-state index in [-0.39, 0.29) is 30.3 Å². The van der Waals surface area contributed by atoms with Crippen LogP contribution >= 0.6 is 11.3 Å². The minimum absolute atomic E-state index is 0.0531. The molecule has 1 aliphatic heterocycles. The summed E-state index contributed by atoms with van der Waals surface area (Å²) in [6.07, 6.45) is 0.218. The number of rotatable bonds is 4. The minimum atomic E-state index is -1.03. The zero-order valence-corrected chi connectivity index (χ0v) is 15.8. The lowest BCUT2D eigenvalue weighted by molar-refractivity contribution is -0.135. The Morgan fingerprint density at radius 2 is 2.17 bits per heavy atom. The molecule has 1 aromatic rings. The smallest absolute Gasteiger partial charge is 0.257 e. The first-order valence-electron chi connectivity index (χ1n) is 8.18. The molecular formula is C17H27N3O3S. The first kappa shape index (κ1) is 18.7. The Morgan fingerprint density at radius 3 is 2.71 bits per heavy atom. The largest absolute Gasteiger partial charge is 0.396 e. The molecule has 0 aromatic carbocycles. The van der Waals surface area contributed by atoms with Gasteiger partial charge in [0.1, 0.15) is 10.5 Å². The monoisotopic (exact) mass is 353 g/mol. The number of thiophene rings is 1. The summed E-state index contributed by atoms with van der Waals surface area (Å²) in [6.45, 7) is 8.75. The van der Waals surface area contributed by atoms with Crippen LogP contribution in [0.25, 0.3) is 0 Å². The molecule has 1 aliphatic rings. The Morgan fingerprint density at radius 1 is 1.50 bits per heavy atom. The van der Waals surface area contributed by atoms with Crippen molar-refractivity contribution in [3.05, 3.63) is 16.5 Å². The van der Waals surface area contributed by atoms with Crippen LogP contribution in [-0.2, 0) is 10.2 Å². The second-order valence-corrected chi connectivity index (χ2v) is 8.37. The van der Waals surface area contributed by atoms with Gasteiger partial charge in [-0.1, -0.05) is 20.8 Å². The number of carbonyl (C=O) groups is 2. The summed E-state index contributed by atoms with van der Waals surface area (Å²) in [6, 6.07) is 1.92. The number of hydrogen-bond acceptors (Lipinski definition) is 5. The number of aliphatic hydroxyl groups excluding tert-OH is 1. The van der Waals surface area contributed by atoms with E-state index in [2.05, 4.69) is 31.4 Å². The summed E-state index contributed by atoms with van der Waals surface area (Å²) in [5.74, 6) is -0.384. The number of carbonyl (C=O) groups excluding carboxylic acids is 2. The molecule has 0 spiro atoms. The minimum Gasteiger partial charge on any atom is -0.396 e. The van der Waals surface area contributed by atoms with Crippen molar-refractivity contribution in [2.45, 2.75) is 45.1 Å². The number of nitrogens with one attached hydrogen (secondary N) is 2. The van der Waals surface area contributed by atoms with Crippen molar-refractivity contribution in [1.82, 2.24) is 10.2 Å². The van der Waals surface area contributed by atoms with Gasteiger partial charge in [0.05, 0.1) is 5.56 Å². The van der Waals surface area contributed by atoms with E-state index in [0.29, 0.717) is 18.7 Å². The normalized spacial score (nSPS) is 21.6. The van der Waals surface area contributed by atoms with E-state index >= 15 is 0 Å². The van der Waals surface area contributed by atoms with Crippen LogP contribution in [0.15, 0.2) is 6.07 Å². The molecule has 0 bridgehead atoms. The molecule has 2 amide bonds. The van der Waals surface area contributed by atoms with Crippen LogP contribution < -0.4 is 10.6 Å². The van der Waals surface area contributed by atoms with Gasteiger partial charge in [0.25, 0.3) is 5.91 Å². The molecule has 2 heterocycles. The standard InChI is InChI=1S/C17H27N3O3S/c1-16(2,3)12-10-11(13(18-5)24-12)14(22)20-8-7-19-15(23)17(20,4)6-9-21/h10,18,21H,6-9H2,1-5H3,(H,19,23). The number of hydrogen-bond donors (Lipinski definition) is 3. The molecule has 1 saturated heterocycles. The third-order valence-electron chi connectivity index (χ3n) is 4.48. The van der Waals surface area contributed by atoms with Gasteiger partial charge in [-0.3, -0.25) is 9.59 Å². The van der Waals surface area contributed by atoms with E-state index in [4.69, 9.17) is 0 Å². The van der Waals surface area contributed by atoms with Crippen LogP contribution in [0.4, 0.5) is 5.00 Å². The van der Waals surface area contributed by atoms with Crippen molar-refractivity contribution in [1.29, 1.82) is 0 Å². The molecule has 0 aliphatic carbocycles. The Bertz CT molecular complexity index is 636. The highest BCUT2D eigenvalue weighted by atomic mass is 32.1. The van der Waals surface area contributed by atoms with E-state index in [1.54, 1.807) is 30.2 Å². The zero-order valence-electron chi connectivity index (χ0n) is 15.0. The lowest BCUT2D eigenvalue weighted by Gasteiger charge is -2.43. The summed E-state index contributed by atoms with van der Waals surface area (Å²) in [4.78, 5) is 28.2. The summed E-state index contributed by atoms with van der Waals surface area (Å²) in [5.41, 5.74) is -0.493. The van der Waals surface area contributed by atoms with Crippen molar-refractivity contribution in [2.24, 2.45) is 0 Å². The third kappa shape index (κ3) is 3.28. The van der Waals surface area contributed by atoms with Crippen molar-refractivity contribution in [2.75, 3.05) is 32.1 Å². The second kappa shape index (κ2) is 6.72. The molecule has 1 atom stereocenters. The Labute approximate surface area is 147 Å². The summed E-state index contributed by atoms with van der Waals surface area (Å²) < 4.78 is 0. The quantitative estimate of drug-likeness (QED) is 0.771. The van der Waals surface area contributed by atoms with Crippen LogP contribution in [0.3, 0.4) is 0 Å². The molecule has 0 radical (unpaired) electrons. The number of amides is 2. The number of aliphatic hydroxyl groups is 1. The molecular weight excluding hydrogens is 326 g/mol. The molecule has 24 heavy (non-hydrogen) atoms.